The smallest absolute Gasteiger partial charge is 0.339 e. The first-order chi connectivity index (χ1) is 17.5. The van der Waals surface area contributed by atoms with E-state index in [1.54, 1.807) is 19.2 Å². The second-order valence-corrected chi connectivity index (χ2v) is 10.00. The third kappa shape index (κ3) is 5.76. The lowest BCUT2D eigenvalue weighted by Gasteiger charge is -2.06. The molecule has 5 rings (SSSR count). The first-order valence-corrected chi connectivity index (χ1v) is 13.0. The summed E-state index contributed by atoms with van der Waals surface area (Å²) in [5.41, 5.74) is 2.96. The van der Waals surface area contributed by atoms with Gasteiger partial charge in [-0.1, -0.05) is 66.2 Å². The average molecular weight is 536 g/mol. The zero-order valence-electron chi connectivity index (χ0n) is 19.2. The van der Waals surface area contributed by atoms with Gasteiger partial charge in [-0.3, -0.25) is 4.79 Å². The van der Waals surface area contributed by atoms with Crippen LogP contribution in [0.5, 0.6) is 5.75 Å². The molecule has 182 valence electrons. The van der Waals surface area contributed by atoms with Crippen molar-refractivity contribution in [3.05, 3.63) is 105 Å². The van der Waals surface area contributed by atoms with E-state index in [0.717, 1.165) is 27.5 Å². The molecule has 2 N–H and O–H groups in total. The molecule has 5 nitrogen and oxygen atoms in total. The fraction of sp³-hybridized carbons (Fsp3) is 0.0714. The van der Waals surface area contributed by atoms with E-state index in [2.05, 4.69) is 5.32 Å². The van der Waals surface area contributed by atoms with Gasteiger partial charge in [0, 0.05) is 33.1 Å². The van der Waals surface area contributed by atoms with Crippen molar-refractivity contribution < 1.29 is 19.4 Å². The average Bonchev–Trinajstić information content (AvgIpc) is 3.50. The van der Waals surface area contributed by atoms with Crippen LogP contribution in [0.4, 0.5) is 5.00 Å². The molecule has 8 heteroatoms. The van der Waals surface area contributed by atoms with Crippen molar-refractivity contribution in [1.82, 2.24) is 0 Å². The molecule has 0 fully saturated rings. The molecule has 2 aromatic heterocycles. The normalized spacial score (nSPS) is 10.4. The Kier molecular flexibility index (Phi) is 8.38. The molecule has 2 heterocycles. The number of rotatable bonds is 7. The van der Waals surface area contributed by atoms with Gasteiger partial charge in [0.2, 0.25) is 0 Å². The fourth-order valence-corrected chi connectivity index (χ4v) is 5.61. The number of aldehydes is 1. The van der Waals surface area contributed by atoms with Gasteiger partial charge in [-0.25, -0.2) is 4.79 Å². The minimum atomic E-state index is -0.930. The van der Waals surface area contributed by atoms with Crippen molar-refractivity contribution in [2.45, 2.75) is 6.61 Å². The first-order valence-electron chi connectivity index (χ1n) is 10.9. The van der Waals surface area contributed by atoms with E-state index >= 15 is 0 Å². The molecule has 0 radical (unpaired) electrons. The number of carbonyl (C=O) groups is 2. The van der Waals surface area contributed by atoms with Crippen LogP contribution in [-0.4, -0.2) is 24.4 Å². The highest BCUT2D eigenvalue weighted by Crippen LogP contribution is 2.37. The van der Waals surface area contributed by atoms with Crippen LogP contribution in [0.3, 0.4) is 0 Å². The number of ether oxygens (including phenoxy) is 1. The van der Waals surface area contributed by atoms with Crippen molar-refractivity contribution in [2.75, 3.05) is 12.4 Å². The van der Waals surface area contributed by atoms with Crippen molar-refractivity contribution in [3.63, 3.8) is 0 Å². The molecule has 0 amide bonds. The Hall–Kier alpha value is -3.65. The van der Waals surface area contributed by atoms with Gasteiger partial charge in [0.15, 0.2) is 6.29 Å². The molecule has 0 saturated heterocycles. The molecule has 0 unspecified atom stereocenters. The number of carboxylic acid groups (broad SMARTS) is 1. The Morgan fingerprint density at radius 3 is 2.39 bits per heavy atom. The molecule has 0 aliphatic carbocycles. The Bertz CT molecular complexity index is 1480. The standard InChI is InChI=1S/C16H12O2S.C12H10ClNO2S/c17-10-15-16(13-8-4-5-9-14(13)19-15)18-11-12-6-2-1-3-7-12;1-14-11-10(12(15)16)9(6-17-11)7-2-4-8(13)5-3-7/h1-10H,11H2;2-6,14H,1H3,(H,15,16). The third-order valence-electron chi connectivity index (χ3n) is 5.30. The maximum atomic E-state index is 11.2. The predicted octanol–water partition coefficient (Wildman–Crippen LogP) is 8.10. The van der Waals surface area contributed by atoms with Gasteiger partial charge >= 0.3 is 5.97 Å². The predicted molar refractivity (Wildman–Crippen MR) is 149 cm³/mol. The van der Waals surface area contributed by atoms with E-state index in [9.17, 15) is 14.7 Å². The molecule has 36 heavy (non-hydrogen) atoms. The van der Waals surface area contributed by atoms with Gasteiger partial charge < -0.3 is 15.2 Å². The number of halogens is 1. The first kappa shape index (κ1) is 25.4. The van der Waals surface area contributed by atoms with Crippen LogP contribution in [0.25, 0.3) is 21.2 Å². The summed E-state index contributed by atoms with van der Waals surface area (Å²) in [4.78, 5) is 23.0. The number of anilines is 1. The summed E-state index contributed by atoms with van der Waals surface area (Å²) in [6.45, 7) is 0.475. The summed E-state index contributed by atoms with van der Waals surface area (Å²) in [5.74, 6) is -0.236. The Morgan fingerprint density at radius 2 is 1.72 bits per heavy atom. The Labute approximate surface area is 221 Å². The van der Waals surface area contributed by atoms with Crippen LogP contribution in [0, 0.1) is 0 Å². The Morgan fingerprint density at radius 1 is 1.03 bits per heavy atom. The van der Waals surface area contributed by atoms with Crippen LogP contribution in [0.1, 0.15) is 25.6 Å². The van der Waals surface area contributed by atoms with E-state index in [1.807, 2.05) is 72.1 Å². The molecular weight excluding hydrogens is 514 g/mol. The van der Waals surface area contributed by atoms with Crippen LogP contribution in [-0.2, 0) is 6.61 Å². The van der Waals surface area contributed by atoms with Crippen molar-refractivity contribution in [1.29, 1.82) is 0 Å². The summed E-state index contributed by atoms with van der Waals surface area (Å²) in [7, 11) is 1.71. The lowest BCUT2D eigenvalue weighted by molar-refractivity contribution is 0.0699. The summed E-state index contributed by atoms with van der Waals surface area (Å²) in [5, 5.41) is 16.2. The quantitative estimate of drug-likeness (QED) is 0.206. The number of carboxylic acids is 1. The van der Waals surface area contributed by atoms with E-state index < -0.39 is 5.97 Å². The number of aromatic carboxylic acids is 1. The van der Waals surface area contributed by atoms with E-state index in [0.29, 0.717) is 38.4 Å². The molecule has 5 aromatic rings. The minimum Gasteiger partial charge on any atom is -0.487 e. The zero-order chi connectivity index (χ0) is 25.5. The van der Waals surface area contributed by atoms with E-state index in [1.165, 1.54) is 22.7 Å². The second kappa shape index (κ2) is 11.9. The molecule has 0 saturated carbocycles. The lowest BCUT2D eigenvalue weighted by atomic mass is 10.0. The number of benzene rings is 3. The molecule has 0 bridgehead atoms. The molecule has 3 aromatic carbocycles. The van der Waals surface area contributed by atoms with Crippen LogP contribution in [0.2, 0.25) is 5.02 Å². The van der Waals surface area contributed by atoms with Crippen LogP contribution < -0.4 is 10.1 Å². The van der Waals surface area contributed by atoms with Crippen molar-refractivity contribution in [3.8, 4) is 16.9 Å². The van der Waals surface area contributed by atoms with Gasteiger partial charge in [0.25, 0.3) is 0 Å². The van der Waals surface area contributed by atoms with Gasteiger partial charge in [-0.15, -0.1) is 22.7 Å². The number of hydrogen-bond donors (Lipinski definition) is 2. The van der Waals surface area contributed by atoms with Crippen molar-refractivity contribution >= 4 is 61.6 Å². The summed E-state index contributed by atoms with van der Waals surface area (Å²) in [6.07, 6.45) is 0.866. The van der Waals surface area contributed by atoms with Crippen molar-refractivity contribution in [2.24, 2.45) is 0 Å². The fourth-order valence-electron chi connectivity index (χ4n) is 3.59. The monoisotopic (exact) mass is 535 g/mol. The highest BCUT2D eigenvalue weighted by atomic mass is 35.5. The molecule has 0 atom stereocenters. The van der Waals surface area contributed by atoms with Crippen LogP contribution in [0.15, 0.2) is 84.2 Å². The Balaban J connectivity index is 0.000000170. The van der Waals surface area contributed by atoms with Gasteiger partial charge in [0.05, 0.1) is 0 Å². The highest BCUT2D eigenvalue weighted by molar-refractivity contribution is 7.21. The maximum Gasteiger partial charge on any atom is 0.339 e. The maximum absolute atomic E-state index is 11.2. The van der Waals surface area contributed by atoms with Gasteiger partial charge in [-0.05, 0) is 35.4 Å². The number of fused-ring (bicyclic) bond motifs is 1. The van der Waals surface area contributed by atoms with Gasteiger partial charge in [0.1, 0.15) is 27.8 Å². The molecular formula is C28H22ClNO4S2. The largest absolute Gasteiger partial charge is 0.487 e. The number of nitrogens with one attached hydrogen (secondary N) is 1. The topological polar surface area (TPSA) is 75.6 Å². The summed E-state index contributed by atoms with van der Waals surface area (Å²) < 4.78 is 6.92. The van der Waals surface area contributed by atoms with Crippen LogP contribution >= 0.6 is 34.3 Å². The zero-order valence-corrected chi connectivity index (χ0v) is 21.6. The van der Waals surface area contributed by atoms with E-state index in [-0.39, 0.29) is 0 Å². The van der Waals surface area contributed by atoms with Gasteiger partial charge in [-0.2, -0.15) is 0 Å². The summed E-state index contributed by atoms with van der Waals surface area (Å²) >= 11 is 8.65. The molecule has 0 aliphatic heterocycles. The number of thiophene rings is 2. The molecule has 0 aliphatic rings. The molecule has 0 spiro atoms. The number of hydrogen-bond acceptors (Lipinski definition) is 6. The third-order valence-corrected chi connectivity index (χ3v) is 7.62. The number of carbonyl (C=O) groups excluding carboxylic acids is 1. The lowest BCUT2D eigenvalue weighted by Crippen LogP contribution is -2.00. The summed E-state index contributed by atoms with van der Waals surface area (Å²) in [6, 6.07) is 25.0. The SMILES string of the molecule is CNc1scc(-c2ccc(Cl)cc2)c1C(=O)O.O=Cc1sc2ccccc2c1OCc1ccccc1. The van der Waals surface area contributed by atoms with E-state index in [4.69, 9.17) is 16.3 Å². The minimum absolute atomic E-state index is 0.305. The highest BCUT2D eigenvalue weighted by Gasteiger charge is 2.18. The second-order valence-electron chi connectivity index (χ2n) is 7.60.